The van der Waals surface area contributed by atoms with Crippen LogP contribution in [0.2, 0.25) is 0 Å². The van der Waals surface area contributed by atoms with Gasteiger partial charge in [0.1, 0.15) is 12.1 Å². The van der Waals surface area contributed by atoms with E-state index in [1.165, 1.54) is 35.3 Å². The van der Waals surface area contributed by atoms with Gasteiger partial charge in [0.2, 0.25) is 0 Å². The van der Waals surface area contributed by atoms with Gasteiger partial charge in [0, 0.05) is 17.5 Å². The van der Waals surface area contributed by atoms with E-state index >= 15 is 0 Å². The van der Waals surface area contributed by atoms with Crippen molar-refractivity contribution < 1.29 is 22.6 Å². The molecule has 1 aromatic heterocycles. The van der Waals surface area contributed by atoms with Crippen LogP contribution < -0.4 is 15.4 Å². The van der Waals surface area contributed by atoms with E-state index in [2.05, 4.69) is 21.7 Å². The highest BCUT2D eigenvalue weighted by atomic mass is 32.1. The molecule has 41 heavy (non-hydrogen) atoms. The molecular weight excluding hydrogens is 553 g/mol. The highest BCUT2D eigenvalue weighted by Crippen LogP contribution is 2.48. The Morgan fingerprint density at radius 3 is 2.46 bits per heavy atom. The van der Waals surface area contributed by atoms with Gasteiger partial charge in [-0.05, 0) is 72.9 Å². The van der Waals surface area contributed by atoms with Crippen LogP contribution in [0.3, 0.4) is 0 Å². The second-order valence-corrected chi connectivity index (χ2v) is 10.0. The zero-order valence-corrected chi connectivity index (χ0v) is 23.0. The minimum Gasteiger partial charge on any atom is -0.406 e. The van der Waals surface area contributed by atoms with E-state index in [0.717, 1.165) is 40.8 Å². The lowest BCUT2D eigenvalue weighted by atomic mass is 10.0. The fraction of sp³-hybridized carbons (Fsp3) is 0.241. The topological polar surface area (TPSA) is 102 Å². The van der Waals surface area contributed by atoms with Crippen molar-refractivity contribution in [3.8, 4) is 22.8 Å². The predicted molar refractivity (Wildman–Crippen MR) is 153 cm³/mol. The molecule has 0 saturated heterocycles. The van der Waals surface area contributed by atoms with E-state index in [1.54, 1.807) is 0 Å². The first-order chi connectivity index (χ1) is 19.5. The fourth-order valence-corrected chi connectivity index (χ4v) is 5.02. The summed E-state index contributed by atoms with van der Waals surface area (Å²) >= 11 is 4.91. The summed E-state index contributed by atoms with van der Waals surface area (Å²) in [6.45, 7) is 4.09. The van der Waals surface area contributed by atoms with Gasteiger partial charge in [0.15, 0.2) is 5.82 Å². The molecule has 1 aliphatic carbocycles. The minimum absolute atomic E-state index is 0.00395. The van der Waals surface area contributed by atoms with Crippen molar-refractivity contribution in [1.29, 1.82) is 5.41 Å². The van der Waals surface area contributed by atoms with Gasteiger partial charge in [-0.1, -0.05) is 49.4 Å². The third-order valence-corrected chi connectivity index (χ3v) is 6.95. The summed E-state index contributed by atoms with van der Waals surface area (Å²) < 4.78 is 48.1. The van der Waals surface area contributed by atoms with E-state index in [0.29, 0.717) is 11.5 Å². The Morgan fingerprint density at radius 2 is 1.83 bits per heavy atom. The van der Waals surface area contributed by atoms with Crippen LogP contribution in [-0.2, 0) is 11.2 Å². The van der Waals surface area contributed by atoms with E-state index in [4.69, 9.17) is 28.1 Å². The van der Waals surface area contributed by atoms with Crippen LogP contribution in [0.1, 0.15) is 36.0 Å². The van der Waals surface area contributed by atoms with Gasteiger partial charge in [-0.3, -0.25) is 10.3 Å². The molecule has 0 bridgehead atoms. The van der Waals surface area contributed by atoms with Gasteiger partial charge in [-0.2, -0.15) is 0 Å². The molecule has 8 nitrogen and oxygen atoms in total. The molecule has 0 spiro atoms. The smallest absolute Gasteiger partial charge is 0.406 e. The first kappa shape index (κ1) is 28.1. The first-order valence-corrected chi connectivity index (χ1v) is 13.3. The summed E-state index contributed by atoms with van der Waals surface area (Å²) in [6.07, 6.45) is -1.64. The standard InChI is InChI=1S/C29H27F3N6O2S/c1-3-18-6-4-5-17(2)25(18)38(27(33)39-28(34)41)24-15-23(24)19-7-9-20(10-8-19)26-35-16-37(36-26)21-11-13-22(14-12-21)40-29(30,31)32/h4-14,16,23-24,33H,3,15H2,1-2H3,(H2,34,41). The number of thiocarbonyl (C=S) groups is 1. The molecule has 0 amide bonds. The number of halogens is 3. The number of alkyl halides is 3. The number of hydrogen-bond acceptors (Lipinski definition) is 6. The van der Waals surface area contributed by atoms with Crippen molar-refractivity contribution >= 4 is 29.1 Å². The van der Waals surface area contributed by atoms with Crippen molar-refractivity contribution in [3.63, 3.8) is 0 Å². The monoisotopic (exact) mass is 580 g/mol. The second kappa shape index (κ2) is 11.2. The Hall–Kier alpha value is -4.45. The van der Waals surface area contributed by atoms with Crippen LogP contribution in [0.5, 0.6) is 5.75 Å². The summed E-state index contributed by atoms with van der Waals surface area (Å²) in [5.41, 5.74) is 11.1. The number of ether oxygens (including phenoxy) is 2. The molecule has 1 saturated carbocycles. The highest BCUT2D eigenvalue weighted by molar-refractivity contribution is 7.80. The minimum atomic E-state index is -4.75. The maximum Gasteiger partial charge on any atom is 0.573 e. The van der Waals surface area contributed by atoms with E-state index < -0.39 is 6.36 Å². The molecule has 0 radical (unpaired) electrons. The van der Waals surface area contributed by atoms with Crippen LogP contribution >= 0.6 is 12.2 Å². The molecular formula is C29H27F3N6O2S. The zero-order valence-electron chi connectivity index (χ0n) is 22.2. The van der Waals surface area contributed by atoms with Crippen molar-refractivity contribution in [3.05, 3.63) is 89.7 Å². The molecule has 1 heterocycles. The number of benzene rings is 3. The number of anilines is 1. The second-order valence-electron chi connectivity index (χ2n) is 9.62. The number of nitrogens with one attached hydrogen (secondary N) is 1. The lowest BCUT2D eigenvalue weighted by Crippen LogP contribution is -2.38. The number of amidine groups is 1. The van der Waals surface area contributed by atoms with Crippen molar-refractivity contribution in [1.82, 2.24) is 14.8 Å². The van der Waals surface area contributed by atoms with Gasteiger partial charge < -0.3 is 15.2 Å². The van der Waals surface area contributed by atoms with E-state index in [9.17, 15) is 13.2 Å². The number of para-hydroxylation sites is 1. The van der Waals surface area contributed by atoms with E-state index in [1.807, 2.05) is 54.3 Å². The summed E-state index contributed by atoms with van der Waals surface area (Å²) in [6, 6.07) is 19.2. The van der Waals surface area contributed by atoms with Gasteiger partial charge in [-0.25, -0.2) is 9.67 Å². The summed E-state index contributed by atoms with van der Waals surface area (Å²) in [5.74, 6) is 0.321. The quantitative estimate of drug-likeness (QED) is 0.151. The molecule has 1 aliphatic rings. The molecule has 3 aromatic carbocycles. The average molecular weight is 581 g/mol. The number of aryl methyl sites for hydroxylation is 2. The van der Waals surface area contributed by atoms with Gasteiger partial charge in [-0.15, -0.1) is 18.3 Å². The fourth-order valence-electron chi connectivity index (χ4n) is 4.94. The number of aromatic nitrogens is 3. The summed E-state index contributed by atoms with van der Waals surface area (Å²) in [7, 11) is 0. The van der Waals surface area contributed by atoms with Gasteiger partial charge >= 0.3 is 6.36 Å². The molecule has 1 fully saturated rings. The number of nitrogens with zero attached hydrogens (tertiary/aromatic N) is 4. The molecule has 3 N–H and O–H groups in total. The SMILES string of the molecule is CCc1cccc(C)c1N(C(=N)OC(N)=S)C1CC1c1ccc(-c2ncn(-c3ccc(OC(F)(F)F)cc3)n2)cc1. The molecule has 2 atom stereocenters. The lowest BCUT2D eigenvalue weighted by Gasteiger charge is -2.28. The summed E-state index contributed by atoms with van der Waals surface area (Å²) in [4.78, 5) is 6.25. The summed E-state index contributed by atoms with van der Waals surface area (Å²) in [5, 5.41) is 12.9. The predicted octanol–water partition coefficient (Wildman–Crippen LogP) is 6.26. The molecule has 2 unspecified atom stereocenters. The zero-order chi connectivity index (χ0) is 29.3. The van der Waals surface area contributed by atoms with Crippen LogP contribution in [0.15, 0.2) is 73.1 Å². The molecule has 12 heteroatoms. The van der Waals surface area contributed by atoms with Crippen LogP contribution in [-0.4, -0.2) is 38.4 Å². The Morgan fingerprint density at radius 1 is 1.12 bits per heavy atom. The number of rotatable bonds is 7. The average Bonchev–Trinajstić information content (AvgIpc) is 3.54. The highest BCUT2D eigenvalue weighted by Gasteiger charge is 2.46. The van der Waals surface area contributed by atoms with E-state index in [-0.39, 0.29) is 28.9 Å². The maximum atomic E-state index is 12.4. The third-order valence-electron chi connectivity index (χ3n) is 6.87. The van der Waals surface area contributed by atoms with Crippen LogP contribution in [0.4, 0.5) is 18.9 Å². The molecule has 5 rings (SSSR count). The van der Waals surface area contributed by atoms with Crippen molar-refractivity contribution in [2.24, 2.45) is 5.73 Å². The van der Waals surface area contributed by atoms with Crippen molar-refractivity contribution in [2.75, 3.05) is 4.90 Å². The Labute approximate surface area is 240 Å². The van der Waals surface area contributed by atoms with Crippen molar-refractivity contribution in [2.45, 2.75) is 45.0 Å². The molecule has 212 valence electrons. The van der Waals surface area contributed by atoms with Gasteiger partial charge in [0.05, 0.1) is 11.4 Å². The van der Waals surface area contributed by atoms with Gasteiger partial charge in [0.25, 0.3) is 11.2 Å². The van der Waals surface area contributed by atoms with Crippen LogP contribution in [0, 0.1) is 12.3 Å². The molecule has 0 aliphatic heterocycles. The largest absolute Gasteiger partial charge is 0.573 e. The lowest BCUT2D eigenvalue weighted by molar-refractivity contribution is -0.274. The third kappa shape index (κ3) is 6.32. The Bertz CT molecular complexity index is 1570. The maximum absolute atomic E-state index is 12.4. The first-order valence-electron chi connectivity index (χ1n) is 12.9. The Balaban J connectivity index is 1.33. The number of nitrogens with two attached hydrogens (primary N) is 1. The Kier molecular flexibility index (Phi) is 7.68. The normalized spacial score (nSPS) is 16.2. The molecule has 4 aromatic rings. The number of hydrogen-bond donors (Lipinski definition) is 2. The van der Waals surface area contributed by atoms with Crippen LogP contribution in [0.25, 0.3) is 17.1 Å².